The summed E-state index contributed by atoms with van der Waals surface area (Å²) < 4.78 is 0. The van der Waals surface area contributed by atoms with E-state index in [1.807, 2.05) is 47.5 Å². The van der Waals surface area contributed by atoms with Gasteiger partial charge in [-0.1, -0.05) is 30.3 Å². The summed E-state index contributed by atoms with van der Waals surface area (Å²) in [7, 11) is 2.06. The van der Waals surface area contributed by atoms with E-state index in [1.165, 1.54) is 0 Å². The Bertz CT molecular complexity index is 516. The van der Waals surface area contributed by atoms with Gasteiger partial charge in [0.15, 0.2) is 5.13 Å². The monoisotopic (exact) mass is 308 g/mol. The first-order valence-corrected chi connectivity index (χ1v) is 8.85. The predicted octanol–water partition coefficient (Wildman–Crippen LogP) is 3.22. The first kappa shape index (κ1) is 15.4. The van der Waals surface area contributed by atoms with E-state index in [1.54, 1.807) is 11.3 Å². The number of hydrogen-bond acceptors (Lipinski definition) is 5. The molecule has 0 aliphatic carbocycles. The van der Waals surface area contributed by atoms with Gasteiger partial charge in [0.1, 0.15) is 0 Å². The Balaban J connectivity index is 1.95. The predicted molar refractivity (Wildman–Crippen MR) is 88.9 cm³/mol. The summed E-state index contributed by atoms with van der Waals surface area (Å²) in [6.07, 6.45) is 2.19. The summed E-state index contributed by atoms with van der Waals surface area (Å²) in [5.41, 5.74) is 1.90. The number of anilines is 1. The summed E-state index contributed by atoms with van der Waals surface area (Å²) >= 11 is 3.47. The number of rotatable bonds is 7. The highest BCUT2D eigenvalue weighted by atomic mass is 32.2. The molecule has 1 N–H and O–H groups in total. The molecule has 0 bridgehead atoms. The Labute approximate surface area is 128 Å². The molecule has 0 aliphatic rings. The fourth-order valence-electron chi connectivity index (χ4n) is 1.88. The van der Waals surface area contributed by atoms with Crippen molar-refractivity contribution in [1.82, 2.24) is 4.98 Å². The smallest absolute Gasteiger partial charge is 0.185 e. The largest absolute Gasteiger partial charge is 0.388 e. The lowest BCUT2D eigenvalue weighted by Gasteiger charge is -2.14. The number of aliphatic hydroxyl groups excluding tert-OH is 1. The van der Waals surface area contributed by atoms with E-state index in [0.717, 1.165) is 28.7 Å². The van der Waals surface area contributed by atoms with Crippen LogP contribution in [-0.4, -0.2) is 35.7 Å². The Morgan fingerprint density at radius 2 is 2.10 bits per heavy atom. The number of hydrogen-bond donors (Lipinski definition) is 1. The lowest BCUT2D eigenvalue weighted by atomic mass is 10.1. The molecule has 0 saturated carbocycles. The molecule has 0 amide bonds. The zero-order valence-electron chi connectivity index (χ0n) is 11.8. The van der Waals surface area contributed by atoms with Crippen molar-refractivity contribution in [3.8, 4) is 0 Å². The van der Waals surface area contributed by atoms with Crippen molar-refractivity contribution in [2.24, 2.45) is 0 Å². The normalized spacial score (nSPS) is 12.3. The summed E-state index contributed by atoms with van der Waals surface area (Å²) in [4.78, 5) is 6.77. The molecule has 2 aromatic rings. The minimum Gasteiger partial charge on any atom is -0.388 e. The second-order valence-corrected chi connectivity index (χ2v) is 6.49. The van der Waals surface area contributed by atoms with Gasteiger partial charge < -0.3 is 10.0 Å². The number of aromatic nitrogens is 1. The molecule has 5 heteroatoms. The van der Waals surface area contributed by atoms with Crippen molar-refractivity contribution in [2.45, 2.75) is 12.5 Å². The Kier molecular flexibility index (Phi) is 5.88. The Morgan fingerprint density at radius 3 is 2.80 bits per heavy atom. The zero-order chi connectivity index (χ0) is 14.4. The van der Waals surface area contributed by atoms with Crippen molar-refractivity contribution in [3.05, 3.63) is 47.0 Å². The van der Waals surface area contributed by atoms with Gasteiger partial charge in [0.2, 0.25) is 0 Å². The van der Waals surface area contributed by atoms with Crippen LogP contribution in [0.15, 0.2) is 35.7 Å². The van der Waals surface area contributed by atoms with Gasteiger partial charge in [-0.05, 0) is 11.8 Å². The van der Waals surface area contributed by atoms with Gasteiger partial charge in [0, 0.05) is 31.1 Å². The lowest BCUT2D eigenvalue weighted by molar-refractivity contribution is 0.177. The van der Waals surface area contributed by atoms with E-state index >= 15 is 0 Å². The molecule has 20 heavy (non-hydrogen) atoms. The van der Waals surface area contributed by atoms with Crippen LogP contribution in [0.5, 0.6) is 0 Å². The molecule has 1 heterocycles. The highest BCUT2D eigenvalue weighted by molar-refractivity contribution is 7.98. The summed E-state index contributed by atoms with van der Waals surface area (Å²) in [5.74, 6) is 1.10. The van der Waals surface area contributed by atoms with Gasteiger partial charge in [0.05, 0.1) is 11.8 Å². The van der Waals surface area contributed by atoms with E-state index in [0.29, 0.717) is 6.42 Å². The van der Waals surface area contributed by atoms with Gasteiger partial charge in [-0.3, -0.25) is 0 Å². The molecule has 0 saturated heterocycles. The van der Waals surface area contributed by atoms with Crippen molar-refractivity contribution in [3.63, 3.8) is 0 Å². The topological polar surface area (TPSA) is 36.4 Å². The average molecular weight is 308 g/mol. The SMILES string of the molecule is CSCCN(C)c1nc(CC(O)c2ccccc2)cs1. The van der Waals surface area contributed by atoms with Crippen LogP contribution in [0.4, 0.5) is 5.13 Å². The molecular formula is C15H20N2OS2. The van der Waals surface area contributed by atoms with Crippen molar-refractivity contribution in [2.75, 3.05) is 30.5 Å². The number of thioether (sulfide) groups is 1. The fourth-order valence-corrected chi connectivity index (χ4v) is 3.17. The zero-order valence-corrected chi connectivity index (χ0v) is 13.5. The summed E-state index contributed by atoms with van der Waals surface area (Å²) in [6, 6.07) is 9.74. The van der Waals surface area contributed by atoms with Crippen LogP contribution >= 0.6 is 23.1 Å². The van der Waals surface area contributed by atoms with E-state index < -0.39 is 6.10 Å². The van der Waals surface area contributed by atoms with Gasteiger partial charge >= 0.3 is 0 Å². The van der Waals surface area contributed by atoms with Gasteiger partial charge in [-0.25, -0.2) is 4.98 Å². The third kappa shape index (κ3) is 4.23. The highest BCUT2D eigenvalue weighted by Gasteiger charge is 2.12. The van der Waals surface area contributed by atoms with Crippen molar-refractivity contribution in [1.29, 1.82) is 0 Å². The molecule has 0 aliphatic heterocycles. The second kappa shape index (κ2) is 7.67. The maximum absolute atomic E-state index is 10.2. The molecule has 1 unspecified atom stereocenters. The van der Waals surface area contributed by atoms with E-state index in [-0.39, 0.29) is 0 Å². The molecule has 3 nitrogen and oxygen atoms in total. The molecule has 108 valence electrons. The van der Waals surface area contributed by atoms with Crippen LogP contribution in [-0.2, 0) is 6.42 Å². The van der Waals surface area contributed by atoms with Crippen molar-refractivity contribution >= 4 is 28.2 Å². The second-order valence-electron chi connectivity index (χ2n) is 4.67. The Morgan fingerprint density at radius 1 is 1.35 bits per heavy atom. The van der Waals surface area contributed by atoms with Crippen LogP contribution in [0, 0.1) is 0 Å². The van der Waals surface area contributed by atoms with E-state index in [2.05, 4.69) is 23.2 Å². The lowest BCUT2D eigenvalue weighted by Crippen LogP contribution is -2.20. The van der Waals surface area contributed by atoms with Gasteiger partial charge in [-0.15, -0.1) is 11.3 Å². The molecule has 0 fully saturated rings. The first-order valence-electron chi connectivity index (χ1n) is 6.58. The summed E-state index contributed by atoms with van der Waals surface area (Å²) in [6.45, 7) is 0.995. The van der Waals surface area contributed by atoms with E-state index in [4.69, 9.17) is 0 Å². The standard InChI is InChI=1S/C15H20N2OS2/c1-17(8-9-19-2)15-16-13(11-20-15)10-14(18)12-6-4-3-5-7-12/h3-7,11,14,18H,8-10H2,1-2H3. The minimum atomic E-state index is -0.484. The van der Waals surface area contributed by atoms with Crippen LogP contribution in [0.1, 0.15) is 17.4 Å². The maximum atomic E-state index is 10.2. The third-order valence-corrected chi connectivity index (χ3v) is 4.68. The fraction of sp³-hybridized carbons (Fsp3) is 0.400. The van der Waals surface area contributed by atoms with Crippen LogP contribution in [0.3, 0.4) is 0 Å². The van der Waals surface area contributed by atoms with Crippen LogP contribution < -0.4 is 4.90 Å². The minimum absolute atomic E-state index is 0.484. The van der Waals surface area contributed by atoms with Gasteiger partial charge in [-0.2, -0.15) is 11.8 Å². The van der Waals surface area contributed by atoms with E-state index in [9.17, 15) is 5.11 Å². The molecular weight excluding hydrogens is 288 g/mol. The molecule has 0 spiro atoms. The van der Waals surface area contributed by atoms with Crippen molar-refractivity contribution < 1.29 is 5.11 Å². The maximum Gasteiger partial charge on any atom is 0.185 e. The summed E-state index contributed by atoms with van der Waals surface area (Å²) in [5, 5.41) is 13.3. The number of thiazole rings is 1. The molecule has 1 aromatic carbocycles. The first-order chi connectivity index (χ1) is 9.70. The Hall–Kier alpha value is -1.04. The number of nitrogens with zero attached hydrogens (tertiary/aromatic N) is 2. The number of benzene rings is 1. The number of aliphatic hydroxyl groups is 1. The third-order valence-electron chi connectivity index (χ3n) is 3.08. The van der Waals surface area contributed by atoms with Crippen LogP contribution in [0.2, 0.25) is 0 Å². The molecule has 1 atom stereocenters. The molecule has 2 rings (SSSR count). The molecule has 0 radical (unpaired) electrons. The highest BCUT2D eigenvalue weighted by Crippen LogP contribution is 2.23. The molecule has 1 aromatic heterocycles. The quantitative estimate of drug-likeness (QED) is 0.852. The van der Waals surface area contributed by atoms with Crippen LogP contribution in [0.25, 0.3) is 0 Å². The van der Waals surface area contributed by atoms with Gasteiger partial charge in [0.25, 0.3) is 0 Å². The average Bonchev–Trinajstić information content (AvgIpc) is 2.94.